The van der Waals surface area contributed by atoms with Crippen LogP contribution in [0.15, 0.2) is 33.9 Å². The van der Waals surface area contributed by atoms with Gasteiger partial charge in [0.15, 0.2) is 5.82 Å². The van der Waals surface area contributed by atoms with E-state index in [0.29, 0.717) is 28.3 Å². The molecule has 0 aliphatic heterocycles. The maximum atomic E-state index is 12.2. The second-order valence-corrected chi connectivity index (χ2v) is 6.35. The van der Waals surface area contributed by atoms with E-state index in [-0.39, 0.29) is 5.75 Å². The molecule has 3 aromatic rings. The first-order valence-corrected chi connectivity index (χ1v) is 9.02. The number of ether oxygens (including phenoxy) is 1. The van der Waals surface area contributed by atoms with Gasteiger partial charge in [-0.15, -0.1) is 18.3 Å². The summed E-state index contributed by atoms with van der Waals surface area (Å²) in [6.45, 7) is 2.08. The molecule has 0 saturated heterocycles. The van der Waals surface area contributed by atoms with Crippen molar-refractivity contribution in [3.8, 4) is 11.4 Å². The van der Waals surface area contributed by atoms with Crippen molar-refractivity contribution in [2.45, 2.75) is 43.5 Å². The number of unbranched alkanes of at least 4 members (excludes halogenated alkanes) is 1. The van der Waals surface area contributed by atoms with Gasteiger partial charge in [-0.05, 0) is 41.1 Å². The third kappa shape index (κ3) is 5.42. The minimum absolute atomic E-state index is 0.320. The number of benzene rings is 1. The molecule has 0 spiro atoms. The number of nitrogens with zero attached hydrogens (tertiary/aromatic N) is 6. The van der Waals surface area contributed by atoms with Crippen LogP contribution in [0.1, 0.15) is 31.5 Å². The number of halogens is 3. The van der Waals surface area contributed by atoms with Crippen LogP contribution in [0.5, 0.6) is 5.75 Å². The summed E-state index contributed by atoms with van der Waals surface area (Å²) in [5, 5.41) is 15.7. The minimum Gasteiger partial charge on any atom is -0.406 e. The van der Waals surface area contributed by atoms with Crippen molar-refractivity contribution in [3.63, 3.8) is 0 Å². The largest absolute Gasteiger partial charge is 0.573 e. The standard InChI is InChI=1S/C15H15F3N6O2S/c1-2-3-4-12-19-13(26-21-12)9-27-14-20-22-23-24(14)10-5-7-11(8-6-10)25-15(16,17)18/h5-8H,2-4,9H2,1H3. The number of hydrogen-bond acceptors (Lipinski definition) is 8. The summed E-state index contributed by atoms with van der Waals surface area (Å²) < 4.78 is 47.1. The zero-order valence-corrected chi connectivity index (χ0v) is 15.0. The van der Waals surface area contributed by atoms with Crippen LogP contribution in [0.25, 0.3) is 5.69 Å². The van der Waals surface area contributed by atoms with Gasteiger partial charge in [0.05, 0.1) is 11.4 Å². The minimum atomic E-state index is -4.74. The molecule has 2 heterocycles. The van der Waals surface area contributed by atoms with Gasteiger partial charge in [-0.3, -0.25) is 0 Å². The predicted octanol–water partition coefficient (Wildman–Crippen LogP) is 3.58. The summed E-state index contributed by atoms with van der Waals surface area (Å²) in [6, 6.07) is 5.24. The van der Waals surface area contributed by atoms with Crippen molar-refractivity contribution in [3.05, 3.63) is 36.0 Å². The smallest absolute Gasteiger partial charge is 0.406 e. The summed E-state index contributed by atoms with van der Waals surface area (Å²) >= 11 is 1.27. The fraction of sp³-hybridized carbons (Fsp3) is 0.400. The lowest BCUT2D eigenvalue weighted by atomic mass is 10.2. The van der Waals surface area contributed by atoms with Crippen LogP contribution in [-0.2, 0) is 12.2 Å². The number of rotatable bonds is 8. The summed E-state index contributed by atoms with van der Waals surface area (Å²) in [4.78, 5) is 4.30. The fourth-order valence-corrected chi connectivity index (χ4v) is 2.86. The number of tetrazole rings is 1. The van der Waals surface area contributed by atoms with Gasteiger partial charge in [-0.2, -0.15) is 9.67 Å². The van der Waals surface area contributed by atoms with Crippen molar-refractivity contribution in [1.82, 2.24) is 30.3 Å². The van der Waals surface area contributed by atoms with E-state index in [1.54, 1.807) is 0 Å². The summed E-state index contributed by atoms with van der Waals surface area (Å²) in [5.74, 6) is 1.16. The Morgan fingerprint density at radius 3 is 2.70 bits per heavy atom. The molecular weight excluding hydrogens is 385 g/mol. The number of aryl methyl sites for hydroxylation is 1. The Morgan fingerprint density at radius 2 is 2.00 bits per heavy atom. The van der Waals surface area contributed by atoms with Gasteiger partial charge in [0.2, 0.25) is 11.0 Å². The maximum Gasteiger partial charge on any atom is 0.573 e. The van der Waals surface area contributed by atoms with E-state index < -0.39 is 6.36 Å². The van der Waals surface area contributed by atoms with Crippen LogP contribution >= 0.6 is 11.8 Å². The first-order valence-electron chi connectivity index (χ1n) is 8.03. The van der Waals surface area contributed by atoms with E-state index in [4.69, 9.17) is 4.52 Å². The highest BCUT2D eigenvalue weighted by Gasteiger charge is 2.31. The Balaban J connectivity index is 1.64. The van der Waals surface area contributed by atoms with E-state index in [9.17, 15) is 13.2 Å². The average molecular weight is 400 g/mol. The molecule has 0 aliphatic carbocycles. The number of aromatic nitrogens is 6. The Kier molecular flexibility index (Phi) is 5.94. The lowest BCUT2D eigenvalue weighted by molar-refractivity contribution is -0.274. The Hall–Kier alpha value is -2.63. The number of hydrogen-bond donors (Lipinski definition) is 0. The zero-order valence-electron chi connectivity index (χ0n) is 14.2. The monoisotopic (exact) mass is 400 g/mol. The normalized spacial score (nSPS) is 11.7. The highest BCUT2D eigenvalue weighted by atomic mass is 32.2. The summed E-state index contributed by atoms with van der Waals surface area (Å²) in [7, 11) is 0. The van der Waals surface area contributed by atoms with E-state index in [0.717, 1.165) is 19.3 Å². The van der Waals surface area contributed by atoms with Crippen molar-refractivity contribution in [1.29, 1.82) is 0 Å². The highest BCUT2D eigenvalue weighted by molar-refractivity contribution is 7.98. The molecule has 0 fully saturated rings. The molecule has 27 heavy (non-hydrogen) atoms. The molecule has 0 N–H and O–H groups in total. The van der Waals surface area contributed by atoms with E-state index >= 15 is 0 Å². The fourth-order valence-electron chi connectivity index (χ4n) is 2.13. The van der Waals surface area contributed by atoms with E-state index in [2.05, 4.69) is 37.3 Å². The molecule has 3 rings (SSSR count). The Labute approximate surface area is 156 Å². The molecule has 0 radical (unpaired) electrons. The molecule has 0 amide bonds. The second kappa shape index (κ2) is 8.37. The van der Waals surface area contributed by atoms with Crippen molar-refractivity contribution < 1.29 is 22.4 Å². The molecule has 12 heteroatoms. The Bertz CT molecular complexity index is 865. The third-order valence-electron chi connectivity index (χ3n) is 3.34. The molecule has 0 aliphatic rings. The molecule has 0 unspecified atom stereocenters. The molecule has 2 aromatic heterocycles. The molecule has 8 nitrogen and oxygen atoms in total. The first-order chi connectivity index (χ1) is 12.9. The molecule has 1 aromatic carbocycles. The molecule has 144 valence electrons. The van der Waals surface area contributed by atoms with Crippen LogP contribution in [0.4, 0.5) is 13.2 Å². The maximum absolute atomic E-state index is 12.2. The zero-order chi connectivity index (χ0) is 19.3. The summed E-state index contributed by atoms with van der Waals surface area (Å²) in [5.41, 5.74) is 0.492. The average Bonchev–Trinajstić information content (AvgIpc) is 3.26. The van der Waals surface area contributed by atoms with Gasteiger partial charge in [-0.1, -0.05) is 30.3 Å². The van der Waals surface area contributed by atoms with Crippen LogP contribution < -0.4 is 4.74 Å². The molecular formula is C15H15F3N6O2S. The van der Waals surface area contributed by atoms with Crippen molar-refractivity contribution >= 4 is 11.8 Å². The van der Waals surface area contributed by atoms with E-state index in [1.165, 1.54) is 40.7 Å². The lowest BCUT2D eigenvalue weighted by Gasteiger charge is -2.09. The van der Waals surface area contributed by atoms with Gasteiger partial charge in [0.1, 0.15) is 5.75 Å². The third-order valence-corrected chi connectivity index (χ3v) is 4.25. The van der Waals surface area contributed by atoms with Gasteiger partial charge in [-0.25, -0.2) is 0 Å². The van der Waals surface area contributed by atoms with Gasteiger partial charge in [0, 0.05) is 6.42 Å². The van der Waals surface area contributed by atoms with E-state index in [1.807, 2.05) is 0 Å². The van der Waals surface area contributed by atoms with Crippen LogP contribution in [0.3, 0.4) is 0 Å². The van der Waals surface area contributed by atoms with Gasteiger partial charge < -0.3 is 9.26 Å². The first kappa shape index (κ1) is 19.1. The lowest BCUT2D eigenvalue weighted by Crippen LogP contribution is -2.17. The van der Waals surface area contributed by atoms with Crippen LogP contribution in [0, 0.1) is 0 Å². The quantitative estimate of drug-likeness (QED) is 0.530. The number of thioether (sulfide) groups is 1. The summed E-state index contributed by atoms with van der Waals surface area (Å²) in [6.07, 6.45) is -1.95. The van der Waals surface area contributed by atoms with Crippen molar-refractivity contribution in [2.75, 3.05) is 0 Å². The molecule has 0 atom stereocenters. The highest BCUT2D eigenvalue weighted by Crippen LogP contribution is 2.26. The van der Waals surface area contributed by atoms with Gasteiger partial charge in [0.25, 0.3) is 0 Å². The Morgan fingerprint density at radius 1 is 1.22 bits per heavy atom. The topological polar surface area (TPSA) is 91.8 Å². The molecule has 0 saturated carbocycles. The van der Waals surface area contributed by atoms with Crippen molar-refractivity contribution in [2.24, 2.45) is 0 Å². The SMILES string of the molecule is CCCCc1noc(CSc2nnnn2-c2ccc(OC(F)(F)F)cc2)n1. The molecule has 0 bridgehead atoms. The number of alkyl halides is 3. The van der Waals surface area contributed by atoms with Crippen LogP contribution in [0.2, 0.25) is 0 Å². The predicted molar refractivity (Wildman–Crippen MR) is 88.3 cm³/mol. The van der Waals surface area contributed by atoms with Gasteiger partial charge >= 0.3 is 6.36 Å². The second-order valence-electron chi connectivity index (χ2n) is 5.41. The van der Waals surface area contributed by atoms with Crippen LogP contribution in [-0.4, -0.2) is 36.7 Å².